The molecule has 0 spiro atoms. The van der Waals surface area contributed by atoms with E-state index in [2.05, 4.69) is 48.1 Å². The Morgan fingerprint density at radius 3 is 2.46 bits per heavy atom. The first kappa shape index (κ1) is 24.0. The third-order valence-corrected chi connectivity index (χ3v) is 4.67. The van der Waals surface area contributed by atoms with Crippen LogP contribution in [0.15, 0.2) is 4.99 Å². The fourth-order valence-electron chi connectivity index (χ4n) is 3.50. The van der Waals surface area contributed by atoms with Crippen LogP contribution in [-0.2, 0) is 0 Å². The lowest BCUT2D eigenvalue weighted by atomic mass is 9.97. The number of unbranched alkanes of at least 4 members (excludes halogenated alkanes) is 4. The van der Waals surface area contributed by atoms with Gasteiger partial charge in [-0.15, -0.1) is 24.0 Å². The summed E-state index contributed by atoms with van der Waals surface area (Å²) in [6, 6.07) is 0. The summed E-state index contributed by atoms with van der Waals surface area (Å²) >= 11 is 0. The van der Waals surface area contributed by atoms with E-state index in [1.54, 1.807) is 0 Å². The zero-order valence-electron chi connectivity index (χ0n) is 16.7. The van der Waals surface area contributed by atoms with Crippen molar-refractivity contribution in [2.45, 2.75) is 58.8 Å². The molecule has 1 N–H and O–H groups in total. The highest BCUT2D eigenvalue weighted by Crippen LogP contribution is 2.23. The highest BCUT2D eigenvalue weighted by atomic mass is 127. The first-order valence-electron chi connectivity index (χ1n) is 9.63. The zero-order chi connectivity index (χ0) is 17.1. The van der Waals surface area contributed by atoms with Crippen LogP contribution in [0.25, 0.3) is 0 Å². The maximum atomic E-state index is 4.48. The van der Waals surface area contributed by atoms with Crippen LogP contribution in [0, 0.1) is 11.8 Å². The Kier molecular flexibility index (Phi) is 14.1. The quantitative estimate of drug-likeness (QED) is 0.235. The van der Waals surface area contributed by atoms with Gasteiger partial charge in [-0.2, -0.15) is 0 Å². The third kappa shape index (κ3) is 10.7. The number of hydrogen-bond donors (Lipinski definition) is 1. The summed E-state index contributed by atoms with van der Waals surface area (Å²) in [5.41, 5.74) is 0. The molecule has 1 fully saturated rings. The molecule has 0 amide bonds. The van der Waals surface area contributed by atoms with Gasteiger partial charge in [0.1, 0.15) is 0 Å². The molecule has 0 aromatic carbocycles. The van der Waals surface area contributed by atoms with Crippen LogP contribution >= 0.6 is 24.0 Å². The van der Waals surface area contributed by atoms with E-state index < -0.39 is 0 Å². The van der Waals surface area contributed by atoms with E-state index >= 15 is 0 Å². The summed E-state index contributed by atoms with van der Waals surface area (Å²) in [7, 11) is 6.22. The molecule has 0 bridgehead atoms. The topological polar surface area (TPSA) is 30.9 Å². The Morgan fingerprint density at radius 1 is 1.17 bits per heavy atom. The van der Waals surface area contributed by atoms with E-state index in [9.17, 15) is 0 Å². The first-order valence-corrected chi connectivity index (χ1v) is 9.63. The predicted molar refractivity (Wildman–Crippen MR) is 118 cm³/mol. The molecular formula is C19H41IN4. The van der Waals surface area contributed by atoms with Crippen molar-refractivity contribution in [3.05, 3.63) is 0 Å². The lowest BCUT2D eigenvalue weighted by Gasteiger charge is -2.22. The van der Waals surface area contributed by atoms with Gasteiger partial charge >= 0.3 is 0 Å². The molecule has 24 heavy (non-hydrogen) atoms. The van der Waals surface area contributed by atoms with E-state index in [0.29, 0.717) is 0 Å². The minimum atomic E-state index is 0. The number of nitrogens with one attached hydrogen (secondary N) is 1. The lowest BCUT2D eigenvalue weighted by Crippen LogP contribution is -2.40. The summed E-state index contributed by atoms with van der Waals surface area (Å²) in [5.74, 6) is 2.77. The van der Waals surface area contributed by atoms with Crippen molar-refractivity contribution in [3.8, 4) is 0 Å². The van der Waals surface area contributed by atoms with Crippen LogP contribution in [0.4, 0.5) is 0 Å². The van der Waals surface area contributed by atoms with Crippen LogP contribution in [0.5, 0.6) is 0 Å². The van der Waals surface area contributed by atoms with E-state index in [4.69, 9.17) is 0 Å². The van der Waals surface area contributed by atoms with Gasteiger partial charge in [0.2, 0.25) is 0 Å². The van der Waals surface area contributed by atoms with Crippen molar-refractivity contribution in [2.24, 2.45) is 16.8 Å². The van der Waals surface area contributed by atoms with Gasteiger partial charge in [-0.3, -0.25) is 4.99 Å². The SMILES string of the molecule is CN=C(NCCCCCCCN(C)C)N1CCC(CC(C)C)C1.I. The van der Waals surface area contributed by atoms with Crippen LogP contribution in [0.1, 0.15) is 58.8 Å². The van der Waals surface area contributed by atoms with Crippen molar-refractivity contribution in [3.63, 3.8) is 0 Å². The number of nitrogens with zero attached hydrogens (tertiary/aromatic N) is 3. The molecule has 4 nitrogen and oxygen atoms in total. The molecule has 0 aromatic heterocycles. The maximum absolute atomic E-state index is 4.48. The fourth-order valence-corrected chi connectivity index (χ4v) is 3.50. The van der Waals surface area contributed by atoms with Gasteiger partial charge in [0.15, 0.2) is 5.96 Å². The van der Waals surface area contributed by atoms with Crippen LogP contribution in [0.3, 0.4) is 0 Å². The van der Waals surface area contributed by atoms with Crippen molar-refractivity contribution in [1.29, 1.82) is 0 Å². The van der Waals surface area contributed by atoms with Crippen LogP contribution in [-0.4, -0.2) is 63.1 Å². The number of hydrogen-bond acceptors (Lipinski definition) is 2. The molecule has 1 rings (SSSR count). The highest BCUT2D eigenvalue weighted by molar-refractivity contribution is 14.0. The summed E-state index contributed by atoms with van der Waals surface area (Å²) in [6.07, 6.45) is 9.29. The average Bonchev–Trinajstić information content (AvgIpc) is 2.93. The summed E-state index contributed by atoms with van der Waals surface area (Å²) in [5, 5.41) is 3.56. The van der Waals surface area contributed by atoms with Gasteiger partial charge < -0.3 is 15.1 Å². The lowest BCUT2D eigenvalue weighted by molar-refractivity contribution is 0.389. The van der Waals surface area contributed by atoms with Gasteiger partial charge in [-0.05, 0) is 58.2 Å². The van der Waals surface area contributed by atoms with Gasteiger partial charge in [0.25, 0.3) is 0 Å². The summed E-state index contributed by atoms with van der Waals surface area (Å²) in [4.78, 5) is 9.20. The number of halogens is 1. The number of guanidine groups is 1. The Labute approximate surface area is 167 Å². The molecule has 1 atom stereocenters. The van der Waals surface area contributed by atoms with E-state index in [0.717, 1.165) is 24.3 Å². The molecule has 1 unspecified atom stereocenters. The summed E-state index contributed by atoms with van der Waals surface area (Å²) < 4.78 is 0. The van der Waals surface area contributed by atoms with Gasteiger partial charge in [0.05, 0.1) is 0 Å². The second-order valence-electron chi connectivity index (χ2n) is 7.78. The van der Waals surface area contributed by atoms with Crippen LogP contribution in [0.2, 0.25) is 0 Å². The second kappa shape index (κ2) is 14.2. The Bertz CT molecular complexity index is 331. The Balaban J connectivity index is 0.00000529. The van der Waals surface area contributed by atoms with E-state index in [1.807, 2.05) is 7.05 Å². The molecule has 1 aliphatic heterocycles. The Hall–Kier alpha value is -0.0400. The molecule has 1 heterocycles. The molecule has 0 aliphatic carbocycles. The molecular weight excluding hydrogens is 411 g/mol. The first-order chi connectivity index (χ1) is 11.0. The standard InChI is InChI=1S/C19H40N4.HI/c1-17(2)15-18-11-14-23(16-18)19(20-3)21-12-9-7-6-8-10-13-22(4)5;/h17-18H,6-16H2,1-5H3,(H,20,21);1H. The molecule has 1 saturated heterocycles. The smallest absolute Gasteiger partial charge is 0.193 e. The van der Waals surface area contributed by atoms with Gasteiger partial charge in [-0.25, -0.2) is 0 Å². The molecule has 5 heteroatoms. The van der Waals surface area contributed by atoms with Crippen molar-refractivity contribution < 1.29 is 0 Å². The van der Waals surface area contributed by atoms with E-state index in [-0.39, 0.29) is 24.0 Å². The summed E-state index contributed by atoms with van der Waals surface area (Å²) in [6.45, 7) is 9.29. The number of aliphatic imine (C=N–C) groups is 1. The largest absolute Gasteiger partial charge is 0.356 e. The maximum Gasteiger partial charge on any atom is 0.193 e. The zero-order valence-corrected chi connectivity index (χ0v) is 19.0. The molecule has 0 aromatic rings. The van der Waals surface area contributed by atoms with Gasteiger partial charge in [-0.1, -0.05) is 33.1 Å². The number of likely N-dealkylation sites (tertiary alicyclic amines) is 1. The monoisotopic (exact) mass is 452 g/mol. The normalized spacial score (nSPS) is 18.4. The fraction of sp³-hybridized carbons (Fsp3) is 0.947. The van der Waals surface area contributed by atoms with E-state index in [1.165, 1.54) is 64.6 Å². The predicted octanol–water partition coefficient (Wildman–Crippen LogP) is 4.06. The third-order valence-electron chi connectivity index (χ3n) is 4.67. The van der Waals surface area contributed by atoms with Crippen molar-refractivity contribution in [1.82, 2.24) is 15.1 Å². The van der Waals surface area contributed by atoms with Crippen molar-refractivity contribution in [2.75, 3.05) is 47.3 Å². The molecule has 1 aliphatic rings. The van der Waals surface area contributed by atoms with Crippen molar-refractivity contribution >= 4 is 29.9 Å². The molecule has 144 valence electrons. The highest BCUT2D eigenvalue weighted by Gasteiger charge is 2.24. The minimum Gasteiger partial charge on any atom is -0.356 e. The Morgan fingerprint density at radius 2 is 1.83 bits per heavy atom. The average molecular weight is 452 g/mol. The second-order valence-corrected chi connectivity index (χ2v) is 7.78. The van der Waals surface area contributed by atoms with Gasteiger partial charge in [0, 0.05) is 26.7 Å². The van der Waals surface area contributed by atoms with Crippen LogP contribution < -0.4 is 5.32 Å². The minimum absolute atomic E-state index is 0. The molecule has 0 radical (unpaired) electrons. The molecule has 0 saturated carbocycles. The number of rotatable bonds is 10.